The van der Waals surface area contributed by atoms with E-state index >= 15 is 0 Å². The Labute approximate surface area is 74.8 Å². The first-order chi connectivity index (χ1) is 5.58. The van der Waals surface area contributed by atoms with Crippen molar-refractivity contribution >= 4 is 0 Å². The van der Waals surface area contributed by atoms with Gasteiger partial charge in [-0.2, -0.15) is 10.2 Å². The van der Waals surface area contributed by atoms with Crippen LogP contribution in [0.15, 0.2) is 21.5 Å². The van der Waals surface area contributed by atoms with Crippen molar-refractivity contribution in [3.8, 4) is 0 Å². The number of hydrogen-bond donors (Lipinski definition) is 0. The first-order valence-corrected chi connectivity index (χ1v) is 4.71. The SMILES string of the molecule is CCCCC1=C(C)N=NC1(C)C. The number of unbranched alkanes of at least 4 members (excludes halogenated alkanes) is 1. The van der Waals surface area contributed by atoms with E-state index in [-0.39, 0.29) is 5.54 Å². The number of allylic oxidation sites excluding steroid dienone is 1. The number of rotatable bonds is 3. The van der Waals surface area contributed by atoms with Crippen molar-refractivity contribution < 1.29 is 0 Å². The summed E-state index contributed by atoms with van der Waals surface area (Å²) in [5, 5.41) is 8.36. The van der Waals surface area contributed by atoms with Crippen molar-refractivity contribution in [2.24, 2.45) is 10.2 Å². The molecular weight excluding hydrogens is 148 g/mol. The van der Waals surface area contributed by atoms with Gasteiger partial charge in [-0.05, 0) is 39.2 Å². The number of azo groups is 1. The fourth-order valence-corrected chi connectivity index (χ4v) is 1.60. The van der Waals surface area contributed by atoms with Crippen molar-refractivity contribution in [1.82, 2.24) is 0 Å². The van der Waals surface area contributed by atoms with Crippen molar-refractivity contribution in [3.05, 3.63) is 11.3 Å². The van der Waals surface area contributed by atoms with Gasteiger partial charge >= 0.3 is 0 Å². The first-order valence-electron chi connectivity index (χ1n) is 4.71. The molecule has 68 valence electrons. The second kappa shape index (κ2) is 3.38. The molecule has 0 saturated heterocycles. The zero-order valence-corrected chi connectivity index (χ0v) is 8.52. The maximum absolute atomic E-state index is 4.23. The molecule has 0 N–H and O–H groups in total. The second-order valence-electron chi connectivity index (χ2n) is 3.93. The molecule has 1 heterocycles. The van der Waals surface area contributed by atoms with Gasteiger partial charge in [0, 0.05) is 0 Å². The maximum atomic E-state index is 4.23. The normalized spacial score (nSPS) is 20.7. The van der Waals surface area contributed by atoms with E-state index < -0.39 is 0 Å². The molecule has 0 spiro atoms. The van der Waals surface area contributed by atoms with Crippen molar-refractivity contribution in [3.63, 3.8) is 0 Å². The summed E-state index contributed by atoms with van der Waals surface area (Å²) in [6.07, 6.45) is 3.65. The van der Waals surface area contributed by atoms with Crippen LogP contribution in [0, 0.1) is 0 Å². The van der Waals surface area contributed by atoms with Crippen LogP contribution in [-0.2, 0) is 0 Å². The zero-order valence-electron chi connectivity index (χ0n) is 8.52. The fraction of sp³-hybridized carbons (Fsp3) is 0.800. The molecule has 0 amide bonds. The quantitative estimate of drug-likeness (QED) is 0.610. The van der Waals surface area contributed by atoms with Gasteiger partial charge in [0.05, 0.1) is 11.2 Å². The van der Waals surface area contributed by atoms with E-state index in [4.69, 9.17) is 0 Å². The monoisotopic (exact) mass is 166 g/mol. The van der Waals surface area contributed by atoms with Gasteiger partial charge in [0.25, 0.3) is 0 Å². The van der Waals surface area contributed by atoms with Crippen LogP contribution in [-0.4, -0.2) is 5.54 Å². The molecule has 0 unspecified atom stereocenters. The zero-order chi connectivity index (χ0) is 9.19. The highest BCUT2D eigenvalue weighted by atomic mass is 15.2. The molecule has 1 rings (SSSR count). The molecule has 0 aromatic carbocycles. The van der Waals surface area contributed by atoms with Gasteiger partial charge < -0.3 is 0 Å². The molecule has 0 atom stereocenters. The number of nitrogens with zero attached hydrogens (tertiary/aromatic N) is 2. The van der Waals surface area contributed by atoms with Crippen molar-refractivity contribution in [2.75, 3.05) is 0 Å². The Bertz CT molecular complexity index is 224. The Morgan fingerprint density at radius 2 is 2.00 bits per heavy atom. The van der Waals surface area contributed by atoms with Gasteiger partial charge in [0.2, 0.25) is 0 Å². The summed E-state index contributed by atoms with van der Waals surface area (Å²) in [4.78, 5) is 0. The summed E-state index contributed by atoms with van der Waals surface area (Å²) in [7, 11) is 0. The highest BCUT2D eigenvalue weighted by Crippen LogP contribution is 2.34. The Morgan fingerprint density at radius 1 is 1.33 bits per heavy atom. The summed E-state index contributed by atoms with van der Waals surface area (Å²) in [6, 6.07) is 0. The number of hydrogen-bond acceptors (Lipinski definition) is 2. The average molecular weight is 166 g/mol. The summed E-state index contributed by atoms with van der Waals surface area (Å²) < 4.78 is 0. The van der Waals surface area contributed by atoms with E-state index in [2.05, 4.69) is 37.9 Å². The maximum Gasteiger partial charge on any atom is 0.0993 e. The standard InChI is InChI=1S/C10H18N2/c1-5-6-7-9-8(2)11-12-10(9,3)4/h5-7H2,1-4H3. The van der Waals surface area contributed by atoms with Gasteiger partial charge in [-0.3, -0.25) is 0 Å². The Hall–Kier alpha value is -0.660. The molecule has 0 radical (unpaired) electrons. The average Bonchev–Trinajstić information content (AvgIpc) is 2.24. The molecule has 0 aromatic heterocycles. The molecule has 0 aliphatic carbocycles. The van der Waals surface area contributed by atoms with Gasteiger partial charge in [-0.1, -0.05) is 13.3 Å². The molecule has 0 aromatic rings. The Balaban J connectivity index is 2.68. The van der Waals surface area contributed by atoms with Crippen LogP contribution in [0.5, 0.6) is 0 Å². The van der Waals surface area contributed by atoms with Crippen LogP contribution in [0.1, 0.15) is 47.0 Å². The predicted molar refractivity (Wildman–Crippen MR) is 51.2 cm³/mol. The molecule has 0 saturated carbocycles. The van der Waals surface area contributed by atoms with Crippen LogP contribution in [0.3, 0.4) is 0 Å². The largest absolute Gasteiger partial charge is 0.178 e. The van der Waals surface area contributed by atoms with Gasteiger partial charge in [-0.15, -0.1) is 0 Å². The van der Waals surface area contributed by atoms with Crippen LogP contribution >= 0.6 is 0 Å². The third-order valence-electron chi connectivity index (χ3n) is 2.41. The van der Waals surface area contributed by atoms with E-state index in [1.54, 1.807) is 0 Å². The van der Waals surface area contributed by atoms with Crippen LogP contribution in [0.25, 0.3) is 0 Å². The van der Waals surface area contributed by atoms with E-state index in [0.29, 0.717) is 0 Å². The molecule has 2 heteroatoms. The van der Waals surface area contributed by atoms with Crippen molar-refractivity contribution in [1.29, 1.82) is 0 Å². The molecule has 0 bridgehead atoms. The van der Waals surface area contributed by atoms with Crippen LogP contribution < -0.4 is 0 Å². The van der Waals surface area contributed by atoms with Gasteiger partial charge in [0.15, 0.2) is 0 Å². The topological polar surface area (TPSA) is 24.7 Å². The highest BCUT2D eigenvalue weighted by Gasteiger charge is 2.28. The summed E-state index contributed by atoms with van der Waals surface area (Å²) >= 11 is 0. The summed E-state index contributed by atoms with van der Waals surface area (Å²) in [5.74, 6) is 0. The molecule has 0 fully saturated rings. The minimum atomic E-state index is -0.0285. The molecule has 12 heavy (non-hydrogen) atoms. The molecule has 1 aliphatic heterocycles. The van der Waals surface area contributed by atoms with E-state index in [0.717, 1.165) is 12.1 Å². The lowest BCUT2D eigenvalue weighted by Crippen LogP contribution is -2.17. The minimum absolute atomic E-state index is 0.0285. The summed E-state index contributed by atoms with van der Waals surface area (Å²) in [6.45, 7) is 8.55. The highest BCUT2D eigenvalue weighted by molar-refractivity contribution is 5.26. The Morgan fingerprint density at radius 3 is 2.42 bits per heavy atom. The lowest BCUT2D eigenvalue weighted by atomic mass is 9.90. The lowest BCUT2D eigenvalue weighted by molar-refractivity contribution is 0.572. The molecular formula is C10H18N2. The lowest BCUT2D eigenvalue weighted by Gasteiger charge is -2.17. The smallest absolute Gasteiger partial charge is 0.0993 e. The van der Waals surface area contributed by atoms with Gasteiger partial charge in [-0.25, -0.2) is 0 Å². The Kier molecular flexibility index (Phi) is 2.65. The third-order valence-corrected chi connectivity index (χ3v) is 2.41. The van der Waals surface area contributed by atoms with Gasteiger partial charge in [0.1, 0.15) is 0 Å². The predicted octanol–water partition coefficient (Wildman–Crippen LogP) is 3.70. The second-order valence-corrected chi connectivity index (χ2v) is 3.93. The van der Waals surface area contributed by atoms with E-state index in [1.807, 2.05) is 0 Å². The molecule has 1 aliphatic rings. The summed E-state index contributed by atoms with van der Waals surface area (Å²) in [5.41, 5.74) is 2.53. The fourth-order valence-electron chi connectivity index (χ4n) is 1.60. The van der Waals surface area contributed by atoms with Crippen LogP contribution in [0.4, 0.5) is 0 Å². The molecule has 2 nitrogen and oxygen atoms in total. The first kappa shape index (κ1) is 9.43. The van der Waals surface area contributed by atoms with E-state index in [1.165, 1.54) is 18.4 Å². The van der Waals surface area contributed by atoms with E-state index in [9.17, 15) is 0 Å². The van der Waals surface area contributed by atoms with Crippen LogP contribution in [0.2, 0.25) is 0 Å². The third kappa shape index (κ3) is 1.74. The minimum Gasteiger partial charge on any atom is -0.178 e. The van der Waals surface area contributed by atoms with Crippen molar-refractivity contribution in [2.45, 2.75) is 52.5 Å².